The zero-order chi connectivity index (χ0) is 24.8. The fraction of sp³-hybridized carbons (Fsp3) is 0.385. The van der Waals surface area contributed by atoms with Crippen LogP contribution >= 0.6 is 11.6 Å². The van der Waals surface area contributed by atoms with E-state index in [0.29, 0.717) is 53.8 Å². The van der Waals surface area contributed by atoms with Crippen LogP contribution in [-0.4, -0.2) is 67.0 Å². The average molecular weight is 487 g/mol. The van der Waals surface area contributed by atoms with E-state index in [0.717, 1.165) is 6.54 Å². The molecule has 0 spiro atoms. The van der Waals surface area contributed by atoms with E-state index in [1.54, 1.807) is 24.3 Å². The summed E-state index contributed by atoms with van der Waals surface area (Å²) in [6.07, 6.45) is 0.683. The number of aliphatic hydroxyl groups is 1. The van der Waals surface area contributed by atoms with Crippen molar-refractivity contribution in [2.24, 2.45) is 0 Å². The van der Waals surface area contributed by atoms with E-state index in [9.17, 15) is 14.7 Å². The molecule has 1 fully saturated rings. The fourth-order valence-electron chi connectivity index (χ4n) is 4.00. The Hall–Kier alpha value is -3.03. The van der Waals surface area contributed by atoms with Gasteiger partial charge in [0.1, 0.15) is 17.3 Å². The second kappa shape index (κ2) is 11.4. The Morgan fingerprint density at radius 3 is 2.32 bits per heavy atom. The van der Waals surface area contributed by atoms with Gasteiger partial charge in [-0.3, -0.25) is 9.59 Å². The van der Waals surface area contributed by atoms with E-state index in [4.69, 9.17) is 21.1 Å². The van der Waals surface area contributed by atoms with Gasteiger partial charge in [-0.1, -0.05) is 23.7 Å². The van der Waals surface area contributed by atoms with Gasteiger partial charge in [-0.05, 0) is 76.8 Å². The Bertz CT molecular complexity index is 1070. The molecule has 0 bridgehead atoms. The van der Waals surface area contributed by atoms with E-state index in [2.05, 4.69) is 0 Å². The topological polar surface area (TPSA) is 79.3 Å². The maximum absolute atomic E-state index is 13.1. The lowest BCUT2D eigenvalue weighted by atomic mass is 9.95. The Morgan fingerprint density at radius 1 is 1.06 bits per heavy atom. The zero-order valence-corrected chi connectivity index (χ0v) is 20.8. The van der Waals surface area contributed by atoms with Crippen molar-refractivity contribution in [2.75, 3.05) is 40.4 Å². The van der Waals surface area contributed by atoms with Gasteiger partial charge >= 0.3 is 0 Å². The predicted molar refractivity (Wildman–Crippen MR) is 132 cm³/mol. The lowest BCUT2D eigenvalue weighted by molar-refractivity contribution is -0.139. The summed E-state index contributed by atoms with van der Waals surface area (Å²) in [5.74, 6) is -0.443. The Balaban J connectivity index is 2.07. The zero-order valence-electron chi connectivity index (χ0n) is 20.0. The van der Waals surface area contributed by atoms with E-state index < -0.39 is 17.7 Å². The summed E-state index contributed by atoms with van der Waals surface area (Å²) in [5, 5.41) is 11.5. The molecular formula is C26H31ClN2O5. The minimum atomic E-state index is -0.719. The van der Waals surface area contributed by atoms with Crippen molar-refractivity contribution in [3.05, 3.63) is 64.2 Å². The number of Topliss-reactive ketones (excluding diaryl/α,β-unsaturated/α-hetero) is 1. The molecule has 182 valence electrons. The van der Waals surface area contributed by atoms with Crippen LogP contribution in [0.5, 0.6) is 11.5 Å². The number of aliphatic hydroxyl groups excluding tert-OH is 1. The molecule has 0 aromatic heterocycles. The van der Waals surface area contributed by atoms with Crippen LogP contribution in [0.2, 0.25) is 5.02 Å². The Kier molecular flexibility index (Phi) is 8.58. The normalized spacial score (nSPS) is 17.5. The van der Waals surface area contributed by atoms with Gasteiger partial charge in [0, 0.05) is 12.1 Å². The van der Waals surface area contributed by atoms with E-state index in [1.807, 2.05) is 45.0 Å². The lowest BCUT2D eigenvalue weighted by Gasteiger charge is -2.26. The molecule has 1 amide bonds. The summed E-state index contributed by atoms with van der Waals surface area (Å²) in [6.45, 7) is 5.85. The predicted octanol–water partition coefficient (Wildman–Crippen LogP) is 4.51. The maximum atomic E-state index is 13.1. The third kappa shape index (κ3) is 5.54. The number of amides is 1. The molecule has 1 aliphatic heterocycles. The number of carbonyl (C=O) groups excluding carboxylic acids is 2. The number of ketones is 1. The largest absolute Gasteiger partial charge is 0.507 e. The van der Waals surface area contributed by atoms with E-state index in [1.165, 1.54) is 11.0 Å². The molecule has 0 radical (unpaired) electrons. The van der Waals surface area contributed by atoms with Crippen LogP contribution in [0.4, 0.5) is 0 Å². The summed E-state index contributed by atoms with van der Waals surface area (Å²) in [4.78, 5) is 29.7. The van der Waals surface area contributed by atoms with Gasteiger partial charge in [0.25, 0.3) is 11.7 Å². The van der Waals surface area contributed by atoms with Crippen LogP contribution in [0.1, 0.15) is 37.4 Å². The molecule has 1 aliphatic rings. The highest BCUT2D eigenvalue weighted by molar-refractivity contribution is 6.46. The third-order valence-electron chi connectivity index (χ3n) is 5.56. The number of hydrogen-bond acceptors (Lipinski definition) is 6. The molecule has 2 aromatic rings. The first-order valence-corrected chi connectivity index (χ1v) is 11.7. The van der Waals surface area contributed by atoms with E-state index in [-0.39, 0.29) is 11.3 Å². The second-order valence-corrected chi connectivity index (χ2v) is 8.64. The number of likely N-dealkylation sites (tertiary alicyclic amines) is 1. The van der Waals surface area contributed by atoms with Gasteiger partial charge in [-0.25, -0.2) is 0 Å². The number of nitrogens with zero attached hydrogens (tertiary/aromatic N) is 2. The Labute approximate surface area is 205 Å². The van der Waals surface area contributed by atoms with Crippen LogP contribution in [-0.2, 0) is 9.59 Å². The molecule has 1 N–H and O–H groups in total. The molecule has 8 heteroatoms. The summed E-state index contributed by atoms with van der Waals surface area (Å²) in [5.41, 5.74) is 1.10. The monoisotopic (exact) mass is 486 g/mol. The third-order valence-corrected chi connectivity index (χ3v) is 5.85. The number of carbonyl (C=O) groups is 2. The van der Waals surface area contributed by atoms with Gasteiger partial charge < -0.3 is 24.4 Å². The first-order chi connectivity index (χ1) is 16.3. The minimum Gasteiger partial charge on any atom is -0.507 e. The Morgan fingerprint density at radius 2 is 1.74 bits per heavy atom. The van der Waals surface area contributed by atoms with E-state index >= 15 is 0 Å². The molecule has 1 atom stereocenters. The number of benzene rings is 2. The summed E-state index contributed by atoms with van der Waals surface area (Å²) in [7, 11) is 3.90. The first-order valence-electron chi connectivity index (χ1n) is 11.4. The van der Waals surface area contributed by atoms with Gasteiger partial charge in [-0.2, -0.15) is 0 Å². The molecule has 2 aromatic carbocycles. The van der Waals surface area contributed by atoms with Crippen molar-refractivity contribution in [3.8, 4) is 11.5 Å². The molecule has 0 saturated carbocycles. The molecule has 0 unspecified atom stereocenters. The van der Waals surface area contributed by atoms with Crippen molar-refractivity contribution in [1.29, 1.82) is 0 Å². The lowest BCUT2D eigenvalue weighted by Crippen LogP contribution is -2.32. The number of rotatable bonds is 10. The number of hydrogen-bond donors (Lipinski definition) is 1. The molecule has 1 heterocycles. The number of ether oxygens (including phenoxy) is 2. The maximum Gasteiger partial charge on any atom is 0.295 e. The van der Waals surface area contributed by atoms with Crippen LogP contribution in [0, 0.1) is 0 Å². The van der Waals surface area contributed by atoms with Crippen molar-refractivity contribution in [3.63, 3.8) is 0 Å². The second-order valence-electron chi connectivity index (χ2n) is 8.23. The van der Waals surface area contributed by atoms with Crippen LogP contribution in [0.15, 0.2) is 48.0 Å². The summed E-state index contributed by atoms with van der Waals surface area (Å²) < 4.78 is 11.0. The van der Waals surface area contributed by atoms with Crippen LogP contribution < -0.4 is 9.47 Å². The molecule has 1 saturated heterocycles. The van der Waals surface area contributed by atoms with Gasteiger partial charge in [0.2, 0.25) is 0 Å². The highest BCUT2D eigenvalue weighted by Crippen LogP contribution is 2.40. The highest BCUT2D eigenvalue weighted by Gasteiger charge is 2.45. The van der Waals surface area contributed by atoms with Gasteiger partial charge in [0.05, 0.1) is 29.9 Å². The smallest absolute Gasteiger partial charge is 0.295 e. The van der Waals surface area contributed by atoms with Crippen molar-refractivity contribution in [1.82, 2.24) is 9.80 Å². The van der Waals surface area contributed by atoms with Crippen molar-refractivity contribution in [2.45, 2.75) is 26.3 Å². The van der Waals surface area contributed by atoms with Crippen molar-refractivity contribution < 1.29 is 24.2 Å². The van der Waals surface area contributed by atoms with Gasteiger partial charge in [0.15, 0.2) is 0 Å². The highest BCUT2D eigenvalue weighted by atomic mass is 35.5. The van der Waals surface area contributed by atoms with Gasteiger partial charge in [-0.15, -0.1) is 0 Å². The van der Waals surface area contributed by atoms with Crippen LogP contribution in [0.3, 0.4) is 0 Å². The SMILES string of the molecule is CCOc1ccc([C@H]2C(=C(O)c3ccc(OCC)c(Cl)c3)C(=O)C(=O)N2CCCN(C)C)cc1. The average Bonchev–Trinajstić information content (AvgIpc) is 3.05. The molecule has 0 aliphatic carbocycles. The minimum absolute atomic E-state index is 0.0410. The molecule has 3 rings (SSSR count). The summed E-state index contributed by atoms with van der Waals surface area (Å²) in [6, 6.07) is 11.3. The first kappa shape index (κ1) is 25.6. The van der Waals surface area contributed by atoms with Crippen molar-refractivity contribution >= 4 is 29.1 Å². The standard InChI is InChI=1S/C26H31ClN2O5/c1-5-33-19-11-8-17(9-12-19)23-22(25(31)26(32)29(23)15-7-14-28(3)4)24(30)18-10-13-21(34-6-2)20(27)16-18/h8-13,16,23,30H,5-7,14-15H2,1-4H3/t23-/m0/s1. The number of halogens is 1. The fourth-order valence-corrected chi connectivity index (χ4v) is 4.24. The molecule has 7 nitrogen and oxygen atoms in total. The quantitative estimate of drug-likeness (QED) is 0.302. The molecule has 34 heavy (non-hydrogen) atoms. The molecular weight excluding hydrogens is 456 g/mol. The summed E-state index contributed by atoms with van der Waals surface area (Å²) >= 11 is 6.31. The van der Waals surface area contributed by atoms with Crippen LogP contribution in [0.25, 0.3) is 5.76 Å².